The number of hydrogen-bond donors (Lipinski definition) is 3. The summed E-state index contributed by atoms with van der Waals surface area (Å²) in [4.78, 5) is 48.5. The minimum atomic E-state index is -0.332. The van der Waals surface area contributed by atoms with Crippen LogP contribution >= 0.6 is 11.6 Å². The van der Waals surface area contributed by atoms with Gasteiger partial charge in [0.15, 0.2) is 0 Å². The van der Waals surface area contributed by atoms with Gasteiger partial charge >= 0.3 is 6.03 Å². The van der Waals surface area contributed by atoms with Crippen LogP contribution in [0.2, 0.25) is 5.02 Å². The van der Waals surface area contributed by atoms with Gasteiger partial charge in [0.2, 0.25) is 11.9 Å². The number of fused-ring (bicyclic) bond motifs is 1. The minimum absolute atomic E-state index is 0.205. The molecule has 3 N–H and O–H groups in total. The topological polar surface area (TPSA) is 116 Å². The molecule has 0 saturated carbocycles. The van der Waals surface area contributed by atoms with E-state index < -0.39 is 0 Å². The molecule has 4 saturated heterocycles. The zero-order valence-electron chi connectivity index (χ0n) is 29.1. The molecular weight excluding hydrogens is 664 g/mol. The first-order valence-electron chi connectivity index (χ1n) is 18.4. The number of nitrogens with zero attached hydrogens (tertiary/aromatic N) is 7. The molecule has 51 heavy (non-hydrogen) atoms. The Labute approximate surface area is 304 Å². The minimum Gasteiger partial charge on any atom is -0.371 e. The Balaban J connectivity index is 0.746. The lowest BCUT2D eigenvalue weighted by Crippen LogP contribution is -2.50. The maximum atomic E-state index is 12.3. The summed E-state index contributed by atoms with van der Waals surface area (Å²) in [6.45, 7) is 12.5. The molecule has 4 aromatic rings. The van der Waals surface area contributed by atoms with E-state index in [4.69, 9.17) is 16.6 Å². The van der Waals surface area contributed by atoms with Gasteiger partial charge in [-0.3, -0.25) is 24.8 Å². The predicted molar refractivity (Wildman–Crippen MR) is 203 cm³/mol. The van der Waals surface area contributed by atoms with E-state index in [-0.39, 0.29) is 11.9 Å². The van der Waals surface area contributed by atoms with Gasteiger partial charge in [-0.15, -0.1) is 0 Å². The van der Waals surface area contributed by atoms with Gasteiger partial charge < -0.3 is 20.1 Å². The van der Waals surface area contributed by atoms with Crippen molar-refractivity contribution in [1.29, 1.82) is 0 Å². The van der Waals surface area contributed by atoms with Gasteiger partial charge in [-0.1, -0.05) is 35.9 Å². The van der Waals surface area contributed by atoms with Crippen LogP contribution < -0.4 is 20.4 Å². The van der Waals surface area contributed by atoms with E-state index in [1.165, 1.54) is 19.4 Å². The second-order valence-electron chi connectivity index (χ2n) is 14.4. The van der Waals surface area contributed by atoms with Crippen molar-refractivity contribution in [1.82, 2.24) is 35.0 Å². The number of benzene rings is 2. The lowest BCUT2D eigenvalue weighted by Gasteiger charge is -2.39. The summed E-state index contributed by atoms with van der Waals surface area (Å²) in [6, 6.07) is 16.4. The number of hydrogen-bond acceptors (Lipinski definition) is 9. The highest BCUT2D eigenvalue weighted by Gasteiger charge is 2.28. The number of piperazine rings is 1. The summed E-state index contributed by atoms with van der Waals surface area (Å²) < 4.78 is 0. The molecule has 0 aliphatic carbocycles. The molecule has 4 aliphatic heterocycles. The maximum Gasteiger partial charge on any atom is 0.328 e. The van der Waals surface area contributed by atoms with Gasteiger partial charge in [-0.05, 0) is 49.4 Å². The monoisotopic (exact) mass is 710 g/mol. The Morgan fingerprint density at radius 3 is 2.47 bits per heavy atom. The lowest BCUT2D eigenvalue weighted by atomic mass is 9.95. The number of imide groups is 1. The number of anilines is 3. The Kier molecular flexibility index (Phi) is 10.1. The van der Waals surface area contributed by atoms with Crippen molar-refractivity contribution in [3.8, 4) is 11.3 Å². The van der Waals surface area contributed by atoms with Crippen LogP contribution in [-0.4, -0.2) is 126 Å². The van der Waals surface area contributed by atoms with Crippen LogP contribution in [0.3, 0.4) is 0 Å². The summed E-state index contributed by atoms with van der Waals surface area (Å²) in [5.74, 6) is 1.14. The van der Waals surface area contributed by atoms with Crippen LogP contribution in [0.15, 0.2) is 60.9 Å². The van der Waals surface area contributed by atoms with Gasteiger partial charge in [-0.25, -0.2) is 14.8 Å². The number of nitrogens with one attached hydrogen (secondary N) is 3. The molecular formula is C38H47ClN10O2. The second-order valence-corrected chi connectivity index (χ2v) is 14.8. The molecule has 0 radical (unpaired) electrons. The number of likely N-dealkylation sites (tertiary alicyclic amines) is 1. The second kappa shape index (κ2) is 15.2. The highest BCUT2D eigenvalue weighted by atomic mass is 35.5. The number of piperidine rings is 1. The molecule has 13 heteroatoms. The number of para-hydroxylation sites is 1. The molecule has 1 atom stereocenters. The molecule has 0 spiro atoms. The molecule has 4 aliphatic rings. The SMILES string of the molecule is O=C1CCN(c2cccc(N3CCC(CN4CCN(CCN5CC[C@@H](Nc6ncc(Cl)c(-c7c[nH]c8ccccc78)n6)C5)CC4)CC3)c2)C(=O)N1. The summed E-state index contributed by atoms with van der Waals surface area (Å²) >= 11 is 6.56. The van der Waals surface area contributed by atoms with Crippen LogP contribution in [0.5, 0.6) is 0 Å². The number of carbonyl (C=O) groups is 2. The highest BCUT2D eigenvalue weighted by molar-refractivity contribution is 6.33. The average Bonchev–Trinajstić information content (AvgIpc) is 3.79. The number of rotatable bonds is 10. The molecule has 6 heterocycles. The number of carbonyl (C=O) groups excluding carboxylic acids is 2. The summed E-state index contributed by atoms with van der Waals surface area (Å²) in [5, 5.41) is 7.66. The van der Waals surface area contributed by atoms with Gasteiger partial charge in [0.05, 0.1) is 16.9 Å². The van der Waals surface area contributed by atoms with Crippen molar-refractivity contribution in [2.75, 3.05) is 93.7 Å². The van der Waals surface area contributed by atoms with E-state index in [1.54, 1.807) is 11.1 Å². The smallest absolute Gasteiger partial charge is 0.328 e. The maximum absolute atomic E-state index is 12.3. The number of aromatic amines is 1. The van der Waals surface area contributed by atoms with E-state index in [1.807, 2.05) is 30.5 Å². The first-order valence-corrected chi connectivity index (χ1v) is 18.8. The predicted octanol–water partition coefficient (Wildman–Crippen LogP) is 4.75. The zero-order valence-corrected chi connectivity index (χ0v) is 29.8. The lowest BCUT2D eigenvalue weighted by molar-refractivity contribution is -0.120. The van der Waals surface area contributed by atoms with E-state index in [0.717, 1.165) is 105 Å². The van der Waals surface area contributed by atoms with Crippen LogP contribution in [0.4, 0.5) is 22.1 Å². The number of halogens is 1. The average molecular weight is 711 g/mol. The molecule has 0 unspecified atom stereocenters. The number of H-pyrrole nitrogens is 1. The normalized spacial score (nSPS) is 21.5. The Bertz CT molecular complexity index is 1850. The highest BCUT2D eigenvalue weighted by Crippen LogP contribution is 2.33. The van der Waals surface area contributed by atoms with Crippen LogP contribution in [0.1, 0.15) is 25.7 Å². The molecule has 8 rings (SSSR count). The quantitative estimate of drug-likeness (QED) is 0.215. The van der Waals surface area contributed by atoms with Crippen molar-refractivity contribution >= 4 is 51.8 Å². The molecule has 4 fully saturated rings. The van der Waals surface area contributed by atoms with Crippen molar-refractivity contribution in [3.05, 3.63) is 65.9 Å². The fourth-order valence-corrected chi connectivity index (χ4v) is 8.31. The molecule has 12 nitrogen and oxygen atoms in total. The summed E-state index contributed by atoms with van der Waals surface area (Å²) in [5.41, 5.74) is 4.80. The standard InChI is InChI=1S/C38H47ClN10O2/c39-33-24-41-37(44-36(33)32-23-40-34-7-2-1-6-31(32)34)42-28-10-12-46(26-28)19-16-45-17-20-47(21-18-45)25-27-8-13-48(14-9-27)29-4-3-5-30(22-29)49-15-11-35(50)43-38(49)51/h1-7,22-24,27-28,40H,8-21,25-26H2,(H,41,42,44)(H,43,50,51)/t28-/m1/s1. The Hall–Kier alpha value is -4.23. The first-order chi connectivity index (χ1) is 24.9. The molecule has 2 aromatic carbocycles. The van der Waals surface area contributed by atoms with Gasteiger partial charge in [0, 0.05) is 125 Å². The van der Waals surface area contributed by atoms with Crippen molar-refractivity contribution in [2.24, 2.45) is 5.92 Å². The third kappa shape index (κ3) is 7.84. The molecule has 0 bridgehead atoms. The number of aromatic nitrogens is 3. The third-order valence-corrected chi connectivity index (χ3v) is 11.4. The van der Waals surface area contributed by atoms with E-state index >= 15 is 0 Å². The molecule has 2 aromatic heterocycles. The fourth-order valence-electron chi connectivity index (χ4n) is 8.11. The largest absolute Gasteiger partial charge is 0.371 e. The zero-order chi connectivity index (χ0) is 34.7. The van der Waals surface area contributed by atoms with Crippen molar-refractivity contribution in [2.45, 2.75) is 31.7 Å². The molecule has 3 amide bonds. The van der Waals surface area contributed by atoms with Gasteiger partial charge in [0.1, 0.15) is 0 Å². The summed E-state index contributed by atoms with van der Waals surface area (Å²) in [7, 11) is 0. The van der Waals surface area contributed by atoms with E-state index in [0.29, 0.717) is 35.9 Å². The van der Waals surface area contributed by atoms with Crippen LogP contribution in [0.25, 0.3) is 22.2 Å². The van der Waals surface area contributed by atoms with Gasteiger partial charge in [-0.2, -0.15) is 0 Å². The fraction of sp³-hybridized carbons (Fsp3) is 0.474. The van der Waals surface area contributed by atoms with E-state index in [9.17, 15) is 9.59 Å². The Morgan fingerprint density at radius 2 is 1.63 bits per heavy atom. The van der Waals surface area contributed by atoms with Crippen molar-refractivity contribution < 1.29 is 9.59 Å². The number of urea groups is 1. The summed E-state index contributed by atoms with van der Waals surface area (Å²) in [6.07, 6.45) is 7.44. The van der Waals surface area contributed by atoms with E-state index in [2.05, 4.69) is 64.5 Å². The van der Waals surface area contributed by atoms with Crippen LogP contribution in [0, 0.1) is 5.92 Å². The van der Waals surface area contributed by atoms with Crippen molar-refractivity contribution in [3.63, 3.8) is 0 Å². The third-order valence-electron chi connectivity index (χ3n) is 11.1. The number of amides is 3. The van der Waals surface area contributed by atoms with Gasteiger partial charge in [0.25, 0.3) is 0 Å². The van der Waals surface area contributed by atoms with Crippen LogP contribution in [-0.2, 0) is 4.79 Å². The molecule has 268 valence electrons. The first kappa shape index (κ1) is 33.9. The Morgan fingerprint density at radius 1 is 0.843 bits per heavy atom.